The van der Waals surface area contributed by atoms with Gasteiger partial charge in [-0.15, -0.1) is 5.10 Å². The van der Waals surface area contributed by atoms with E-state index in [0.29, 0.717) is 40.9 Å². The molecule has 0 atom stereocenters. The third-order valence-corrected chi connectivity index (χ3v) is 6.59. The van der Waals surface area contributed by atoms with Crippen molar-refractivity contribution in [2.24, 2.45) is 0 Å². The van der Waals surface area contributed by atoms with Gasteiger partial charge in [-0.2, -0.15) is 9.50 Å². The van der Waals surface area contributed by atoms with Crippen molar-refractivity contribution in [2.45, 2.75) is 52.9 Å². The average molecular weight is 508 g/mol. The second kappa shape index (κ2) is 12.5. The lowest BCUT2D eigenvalue weighted by atomic mass is 10.2. The van der Waals surface area contributed by atoms with Crippen LogP contribution in [-0.4, -0.2) is 34.4 Å². The molecule has 7 nitrogen and oxygen atoms in total. The minimum absolute atomic E-state index is 0.189. The normalized spacial score (nSPS) is 11.8. The summed E-state index contributed by atoms with van der Waals surface area (Å²) in [5.74, 6) is 2.74. The summed E-state index contributed by atoms with van der Waals surface area (Å²) in [5, 5.41) is 4.46. The fourth-order valence-electron chi connectivity index (χ4n) is 3.68. The van der Waals surface area contributed by atoms with Gasteiger partial charge in [0, 0.05) is 5.56 Å². The zero-order chi connectivity index (χ0) is 25.3. The van der Waals surface area contributed by atoms with Gasteiger partial charge in [0.2, 0.25) is 4.96 Å². The summed E-state index contributed by atoms with van der Waals surface area (Å²) in [7, 11) is 0. The Morgan fingerprint density at radius 3 is 2.39 bits per heavy atom. The van der Waals surface area contributed by atoms with Crippen molar-refractivity contribution in [3.8, 4) is 28.6 Å². The molecular formula is C28H33N3O4S. The van der Waals surface area contributed by atoms with E-state index in [9.17, 15) is 4.79 Å². The first-order valence-electron chi connectivity index (χ1n) is 12.7. The van der Waals surface area contributed by atoms with E-state index in [1.165, 1.54) is 15.9 Å². The number of hydrogen-bond donors (Lipinski definition) is 0. The van der Waals surface area contributed by atoms with E-state index in [1.54, 1.807) is 0 Å². The molecule has 0 radical (unpaired) electrons. The van der Waals surface area contributed by atoms with Crippen LogP contribution in [0.3, 0.4) is 0 Å². The van der Waals surface area contributed by atoms with Crippen LogP contribution in [0.1, 0.15) is 58.4 Å². The predicted molar refractivity (Wildman–Crippen MR) is 144 cm³/mol. The highest BCUT2D eigenvalue weighted by Crippen LogP contribution is 2.29. The number of hydrogen-bond acceptors (Lipinski definition) is 7. The number of thiazole rings is 1. The second-order valence-corrected chi connectivity index (χ2v) is 9.48. The van der Waals surface area contributed by atoms with Gasteiger partial charge in [0.05, 0.1) is 24.4 Å². The largest absolute Gasteiger partial charge is 0.494 e. The monoisotopic (exact) mass is 507 g/mol. The topological polar surface area (TPSA) is 75.0 Å². The molecule has 0 N–H and O–H groups in total. The van der Waals surface area contributed by atoms with Crippen molar-refractivity contribution < 1.29 is 14.2 Å². The first-order valence-corrected chi connectivity index (χ1v) is 13.5. The van der Waals surface area contributed by atoms with Crippen LogP contribution in [0.5, 0.6) is 17.2 Å². The second-order valence-electron chi connectivity index (χ2n) is 8.47. The highest BCUT2D eigenvalue weighted by molar-refractivity contribution is 7.15. The van der Waals surface area contributed by atoms with E-state index < -0.39 is 0 Å². The fraction of sp³-hybridized carbons (Fsp3) is 0.393. The fourth-order valence-corrected chi connectivity index (χ4v) is 4.59. The van der Waals surface area contributed by atoms with Gasteiger partial charge in [0.15, 0.2) is 17.3 Å². The van der Waals surface area contributed by atoms with Gasteiger partial charge in [-0.1, -0.05) is 50.5 Å². The van der Waals surface area contributed by atoms with E-state index in [-0.39, 0.29) is 5.56 Å². The third-order valence-electron chi connectivity index (χ3n) is 5.63. The molecule has 190 valence electrons. The molecule has 2 heterocycles. The molecule has 0 amide bonds. The van der Waals surface area contributed by atoms with Crippen molar-refractivity contribution >= 4 is 22.4 Å². The molecule has 0 aliphatic carbocycles. The molecule has 0 saturated heterocycles. The Bertz CT molecular complexity index is 1380. The molecule has 4 aromatic rings. The van der Waals surface area contributed by atoms with E-state index in [4.69, 9.17) is 14.2 Å². The number of fused-ring (bicyclic) bond motifs is 1. The number of benzene rings is 2. The lowest BCUT2D eigenvalue weighted by molar-refractivity contribution is 0.271. The molecular weight excluding hydrogens is 474 g/mol. The van der Waals surface area contributed by atoms with Crippen LogP contribution in [0.2, 0.25) is 0 Å². The number of aromatic nitrogens is 3. The van der Waals surface area contributed by atoms with Gasteiger partial charge in [0.1, 0.15) is 5.75 Å². The molecule has 0 aliphatic rings. The number of unbranched alkanes of at least 4 members (excludes halogenated alkanes) is 3. The molecule has 8 heteroatoms. The molecule has 2 aromatic carbocycles. The first kappa shape index (κ1) is 25.7. The van der Waals surface area contributed by atoms with Gasteiger partial charge in [-0.25, -0.2) is 0 Å². The molecule has 0 aliphatic heterocycles. The quantitative estimate of drug-likeness (QED) is 0.222. The highest BCUT2D eigenvalue weighted by atomic mass is 32.1. The summed E-state index contributed by atoms with van der Waals surface area (Å²) in [6.45, 7) is 8.14. The third kappa shape index (κ3) is 6.23. The van der Waals surface area contributed by atoms with Crippen LogP contribution in [0.15, 0.2) is 47.3 Å². The summed E-state index contributed by atoms with van der Waals surface area (Å²) in [6.07, 6.45) is 7.25. The maximum Gasteiger partial charge on any atom is 0.291 e. The Morgan fingerprint density at radius 1 is 0.889 bits per heavy atom. The summed E-state index contributed by atoms with van der Waals surface area (Å²) in [5.41, 5.74) is 1.51. The Balaban J connectivity index is 1.54. The van der Waals surface area contributed by atoms with Crippen molar-refractivity contribution in [1.29, 1.82) is 0 Å². The Morgan fingerprint density at radius 2 is 1.67 bits per heavy atom. The van der Waals surface area contributed by atoms with Gasteiger partial charge in [-0.3, -0.25) is 4.79 Å². The van der Waals surface area contributed by atoms with E-state index in [0.717, 1.165) is 54.7 Å². The summed E-state index contributed by atoms with van der Waals surface area (Å²) in [6, 6.07) is 13.4. The smallest absolute Gasteiger partial charge is 0.291 e. The van der Waals surface area contributed by atoms with Crippen molar-refractivity contribution in [1.82, 2.24) is 14.6 Å². The number of ether oxygens (including phenoxy) is 3. The molecule has 36 heavy (non-hydrogen) atoms. The van der Waals surface area contributed by atoms with Crippen LogP contribution in [0.4, 0.5) is 0 Å². The number of rotatable bonds is 13. The predicted octanol–water partition coefficient (Wildman–Crippen LogP) is 5.51. The summed E-state index contributed by atoms with van der Waals surface area (Å²) in [4.78, 5) is 18.2. The maximum atomic E-state index is 13.0. The highest BCUT2D eigenvalue weighted by Gasteiger charge is 2.13. The van der Waals surface area contributed by atoms with Gasteiger partial charge >= 0.3 is 0 Å². The Labute approximate surface area is 215 Å². The van der Waals surface area contributed by atoms with Gasteiger partial charge in [0.25, 0.3) is 5.56 Å². The Hall–Kier alpha value is -3.39. The van der Waals surface area contributed by atoms with Crippen LogP contribution in [-0.2, 0) is 0 Å². The van der Waals surface area contributed by atoms with Crippen molar-refractivity contribution in [3.05, 3.63) is 62.9 Å². The molecule has 0 saturated carbocycles. The summed E-state index contributed by atoms with van der Waals surface area (Å²) >= 11 is 1.32. The zero-order valence-electron chi connectivity index (χ0n) is 21.2. The van der Waals surface area contributed by atoms with E-state index in [1.807, 2.05) is 55.5 Å². The van der Waals surface area contributed by atoms with Crippen LogP contribution >= 0.6 is 11.3 Å². The van der Waals surface area contributed by atoms with E-state index in [2.05, 4.69) is 23.9 Å². The molecule has 4 rings (SSSR count). The molecule has 0 unspecified atom stereocenters. The number of nitrogens with zero attached hydrogens (tertiary/aromatic N) is 3. The maximum absolute atomic E-state index is 13.0. The van der Waals surface area contributed by atoms with Crippen LogP contribution in [0.25, 0.3) is 22.4 Å². The molecule has 0 bridgehead atoms. The SMILES string of the molecule is CCCCCOc1ccc(C=c2sc3nc(-c4ccc(OCCCC)cc4)nn3c2=O)cc1OCC. The standard InChI is InChI=1S/C28H33N3O4S/c1-4-7-9-17-35-23-15-10-20(18-24(23)33-6-3)19-25-27(32)31-28(36-25)29-26(30-31)21-11-13-22(14-12-21)34-16-8-5-2/h10-15,18-19H,4-9,16-17H2,1-3H3. The van der Waals surface area contributed by atoms with Gasteiger partial charge < -0.3 is 14.2 Å². The Kier molecular flexibility index (Phi) is 8.95. The van der Waals surface area contributed by atoms with Crippen LogP contribution < -0.4 is 24.3 Å². The first-order chi connectivity index (χ1) is 17.6. The van der Waals surface area contributed by atoms with Crippen molar-refractivity contribution in [3.63, 3.8) is 0 Å². The lowest BCUT2D eigenvalue weighted by Crippen LogP contribution is -2.23. The summed E-state index contributed by atoms with van der Waals surface area (Å²) < 4.78 is 19.4. The van der Waals surface area contributed by atoms with E-state index >= 15 is 0 Å². The zero-order valence-corrected chi connectivity index (χ0v) is 22.0. The average Bonchev–Trinajstić information content (AvgIpc) is 3.43. The molecule has 0 fully saturated rings. The lowest BCUT2D eigenvalue weighted by Gasteiger charge is -2.12. The molecule has 0 spiro atoms. The molecule has 2 aromatic heterocycles. The van der Waals surface area contributed by atoms with Crippen molar-refractivity contribution in [2.75, 3.05) is 19.8 Å². The van der Waals surface area contributed by atoms with Crippen LogP contribution in [0, 0.1) is 0 Å². The van der Waals surface area contributed by atoms with Gasteiger partial charge in [-0.05, 0) is 67.8 Å². The minimum atomic E-state index is -0.189. The minimum Gasteiger partial charge on any atom is -0.494 e.